The number of hydrogen-bond donors (Lipinski definition) is 1. The number of rotatable bonds is 3. The molecule has 1 fully saturated rings. The van der Waals surface area contributed by atoms with Gasteiger partial charge in [0, 0.05) is 43.8 Å². The first-order valence-electron chi connectivity index (χ1n) is 11.8. The van der Waals surface area contributed by atoms with E-state index in [2.05, 4.69) is 54.5 Å². The number of anilines is 1. The topological polar surface area (TPSA) is 61.6 Å². The number of aromatic nitrogens is 2. The summed E-state index contributed by atoms with van der Waals surface area (Å²) in [5.74, 6) is 0.884. The second-order valence-electron chi connectivity index (χ2n) is 9.15. The molecule has 0 saturated carbocycles. The SMILES string of the molecule is CCn1c(C)c(C)c2cc(C(=O)N3CCC(O)CC3)nc(N3CCc4ccccc4C3)c21. The lowest BCUT2D eigenvalue weighted by molar-refractivity contribution is 0.0542. The molecule has 6 heteroatoms. The van der Waals surface area contributed by atoms with Gasteiger partial charge in [0.1, 0.15) is 5.69 Å². The van der Waals surface area contributed by atoms with E-state index in [-0.39, 0.29) is 12.0 Å². The van der Waals surface area contributed by atoms with E-state index in [4.69, 9.17) is 4.98 Å². The molecule has 4 heterocycles. The molecule has 2 aliphatic heterocycles. The van der Waals surface area contributed by atoms with E-state index in [0.29, 0.717) is 31.6 Å². The molecule has 0 spiro atoms. The van der Waals surface area contributed by atoms with Crippen LogP contribution in [-0.4, -0.2) is 51.2 Å². The number of pyridine rings is 1. The standard InChI is InChI=1S/C26H32N4O2/c1-4-30-18(3)17(2)22-15-23(26(32)28-13-10-21(31)11-14-28)27-25(24(22)30)29-12-9-19-7-5-6-8-20(19)16-29/h5-8,15,21,31H,4,9-14,16H2,1-3H3. The zero-order chi connectivity index (χ0) is 22.4. The average Bonchev–Trinajstić information content (AvgIpc) is 3.07. The minimum Gasteiger partial charge on any atom is -0.393 e. The molecular weight excluding hydrogens is 400 g/mol. The lowest BCUT2D eigenvalue weighted by atomic mass is 9.99. The number of hydrogen-bond acceptors (Lipinski definition) is 4. The smallest absolute Gasteiger partial charge is 0.272 e. The summed E-state index contributed by atoms with van der Waals surface area (Å²) in [4.78, 5) is 22.6. The van der Waals surface area contributed by atoms with E-state index in [0.717, 1.165) is 42.8 Å². The van der Waals surface area contributed by atoms with Crippen LogP contribution < -0.4 is 4.90 Å². The molecule has 0 unspecified atom stereocenters. The van der Waals surface area contributed by atoms with Gasteiger partial charge >= 0.3 is 0 Å². The third kappa shape index (κ3) is 3.47. The maximum absolute atomic E-state index is 13.4. The molecular formula is C26H32N4O2. The van der Waals surface area contributed by atoms with Gasteiger partial charge in [0.25, 0.3) is 5.91 Å². The Bertz CT molecular complexity index is 1170. The van der Waals surface area contributed by atoms with Crippen molar-refractivity contribution >= 4 is 22.6 Å². The second-order valence-corrected chi connectivity index (χ2v) is 9.15. The highest BCUT2D eigenvalue weighted by Crippen LogP contribution is 2.35. The number of likely N-dealkylation sites (tertiary alicyclic amines) is 1. The number of amides is 1. The molecule has 0 atom stereocenters. The van der Waals surface area contributed by atoms with Crippen molar-refractivity contribution in [1.82, 2.24) is 14.5 Å². The number of benzene rings is 1. The van der Waals surface area contributed by atoms with E-state index in [1.165, 1.54) is 22.4 Å². The average molecular weight is 433 g/mol. The first kappa shape index (κ1) is 21.0. The normalized spacial score (nSPS) is 17.1. The summed E-state index contributed by atoms with van der Waals surface area (Å²) >= 11 is 0. The van der Waals surface area contributed by atoms with Gasteiger partial charge < -0.3 is 19.5 Å². The maximum Gasteiger partial charge on any atom is 0.272 e. The number of aliphatic hydroxyl groups excluding tert-OH is 1. The van der Waals surface area contributed by atoms with Gasteiger partial charge in [0.05, 0.1) is 11.6 Å². The first-order valence-corrected chi connectivity index (χ1v) is 11.8. The maximum atomic E-state index is 13.4. The fourth-order valence-corrected chi connectivity index (χ4v) is 5.27. The predicted molar refractivity (Wildman–Crippen MR) is 127 cm³/mol. The summed E-state index contributed by atoms with van der Waals surface area (Å²) in [5, 5.41) is 11.0. The highest BCUT2D eigenvalue weighted by Gasteiger charge is 2.28. The molecule has 0 bridgehead atoms. The Morgan fingerprint density at radius 3 is 2.56 bits per heavy atom. The van der Waals surface area contributed by atoms with Crippen LogP contribution >= 0.6 is 0 Å². The van der Waals surface area contributed by atoms with Crippen LogP contribution in [0.15, 0.2) is 30.3 Å². The highest BCUT2D eigenvalue weighted by molar-refractivity contribution is 6.01. The van der Waals surface area contributed by atoms with Crippen LogP contribution in [0, 0.1) is 13.8 Å². The fourth-order valence-electron chi connectivity index (χ4n) is 5.27. The van der Waals surface area contributed by atoms with Gasteiger partial charge in [-0.05, 0) is 62.8 Å². The molecule has 3 aromatic rings. The zero-order valence-electron chi connectivity index (χ0n) is 19.3. The van der Waals surface area contributed by atoms with Crippen molar-refractivity contribution in [3.8, 4) is 0 Å². The van der Waals surface area contributed by atoms with Crippen molar-refractivity contribution in [2.75, 3.05) is 24.5 Å². The Balaban J connectivity index is 1.62. The van der Waals surface area contributed by atoms with E-state index >= 15 is 0 Å². The van der Waals surface area contributed by atoms with Crippen LogP contribution in [-0.2, 0) is 19.5 Å². The van der Waals surface area contributed by atoms with E-state index in [1.54, 1.807) is 0 Å². The largest absolute Gasteiger partial charge is 0.393 e. The molecule has 168 valence electrons. The summed E-state index contributed by atoms with van der Waals surface area (Å²) < 4.78 is 2.33. The molecule has 5 rings (SSSR count). The number of fused-ring (bicyclic) bond motifs is 2. The zero-order valence-corrected chi connectivity index (χ0v) is 19.3. The van der Waals surface area contributed by atoms with Gasteiger partial charge in [-0.3, -0.25) is 4.79 Å². The Labute approximate surface area is 189 Å². The molecule has 1 N–H and O–H groups in total. The molecule has 0 aliphatic carbocycles. The summed E-state index contributed by atoms with van der Waals surface area (Å²) in [7, 11) is 0. The molecule has 2 aromatic heterocycles. The van der Waals surface area contributed by atoms with Crippen LogP contribution in [0.2, 0.25) is 0 Å². The predicted octanol–water partition coefficient (Wildman–Crippen LogP) is 3.83. The van der Waals surface area contributed by atoms with Crippen molar-refractivity contribution in [3.63, 3.8) is 0 Å². The Morgan fingerprint density at radius 2 is 1.84 bits per heavy atom. The molecule has 6 nitrogen and oxygen atoms in total. The van der Waals surface area contributed by atoms with Gasteiger partial charge in [0.15, 0.2) is 5.82 Å². The summed E-state index contributed by atoms with van der Waals surface area (Å²) in [6, 6.07) is 10.6. The Morgan fingerprint density at radius 1 is 1.12 bits per heavy atom. The monoisotopic (exact) mass is 432 g/mol. The van der Waals surface area contributed by atoms with Gasteiger partial charge in [0.2, 0.25) is 0 Å². The number of carbonyl (C=O) groups excluding carboxylic acids is 1. The molecule has 0 radical (unpaired) electrons. The third-order valence-corrected chi connectivity index (χ3v) is 7.31. The first-order chi connectivity index (χ1) is 15.5. The highest BCUT2D eigenvalue weighted by atomic mass is 16.3. The van der Waals surface area contributed by atoms with E-state index in [1.807, 2.05) is 11.0 Å². The minimum atomic E-state index is -0.304. The van der Waals surface area contributed by atoms with Gasteiger partial charge in [-0.15, -0.1) is 0 Å². The van der Waals surface area contributed by atoms with E-state index in [9.17, 15) is 9.90 Å². The van der Waals surface area contributed by atoms with Crippen molar-refractivity contribution in [3.05, 3.63) is 58.4 Å². The number of carbonyl (C=O) groups is 1. The second kappa shape index (κ2) is 8.24. The Kier molecular flexibility index (Phi) is 5.41. The Hall–Kier alpha value is -2.86. The van der Waals surface area contributed by atoms with Crippen LogP contribution in [0.5, 0.6) is 0 Å². The van der Waals surface area contributed by atoms with Crippen molar-refractivity contribution in [2.24, 2.45) is 0 Å². The number of aliphatic hydroxyl groups is 1. The summed E-state index contributed by atoms with van der Waals surface area (Å²) in [6.07, 6.45) is 1.94. The van der Waals surface area contributed by atoms with E-state index < -0.39 is 0 Å². The number of aryl methyl sites for hydroxylation is 2. The van der Waals surface area contributed by atoms with Crippen LogP contribution in [0.4, 0.5) is 5.82 Å². The number of nitrogens with zero attached hydrogens (tertiary/aromatic N) is 4. The summed E-state index contributed by atoms with van der Waals surface area (Å²) in [6.45, 7) is 10.2. The molecule has 2 aliphatic rings. The van der Waals surface area contributed by atoms with Crippen molar-refractivity contribution in [1.29, 1.82) is 0 Å². The summed E-state index contributed by atoms with van der Waals surface area (Å²) in [5.41, 5.74) is 6.82. The van der Waals surface area contributed by atoms with Gasteiger partial charge in [-0.25, -0.2) is 4.98 Å². The van der Waals surface area contributed by atoms with Crippen molar-refractivity contribution in [2.45, 2.75) is 59.2 Å². The third-order valence-electron chi connectivity index (χ3n) is 7.31. The van der Waals surface area contributed by atoms with Gasteiger partial charge in [-0.1, -0.05) is 24.3 Å². The molecule has 32 heavy (non-hydrogen) atoms. The molecule has 1 amide bonds. The van der Waals surface area contributed by atoms with Crippen LogP contribution in [0.1, 0.15) is 52.6 Å². The van der Waals surface area contributed by atoms with Gasteiger partial charge in [-0.2, -0.15) is 0 Å². The van der Waals surface area contributed by atoms with Crippen LogP contribution in [0.3, 0.4) is 0 Å². The van der Waals surface area contributed by atoms with Crippen LogP contribution in [0.25, 0.3) is 10.9 Å². The molecule has 1 aromatic carbocycles. The number of piperidine rings is 1. The molecule has 1 saturated heterocycles. The lowest BCUT2D eigenvalue weighted by Crippen LogP contribution is -2.40. The quantitative estimate of drug-likeness (QED) is 0.683. The van der Waals surface area contributed by atoms with Crippen molar-refractivity contribution < 1.29 is 9.90 Å². The lowest BCUT2D eigenvalue weighted by Gasteiger charge is -2.32. The minimum absolute atomic E-state index is 0.0289. The fraction of sp³-hybridized carbons (Fsp3) is 0.462.